The number of rotatable bonds is 8. The number of ether oxygens (including phenoxy) is 2. The molecule has 0 bridgehead atoms. The van der Waals surface area contributed by atoms with Crippen LogP contribution in [0.25, 0.3) is 0 Å². The third-order valence-corrected chi connectivity index (χ3v) is 6.14. The Bertz CT molecular complexity index is 1000. The largest absolute Gasteiger partial charge is 0.491 e. The Morgan fingerprint density at radius 2 is 1.97 bits per heavy atom. The van der Waals surface area contributed by atoms with Gasteiger partial charge in [0.1, 0.15) is 11.5 Å². The number of carbonyl (C=O) groups is 2. The van der Waals surface area contributed by atoms with E-state index in [2.05, 4.69) is 5.32 Å². The van der Waals surface area contributed by atoms with Crippen LogP contribution in [-0.4, -0.2) is 56.0 Å². The summed E-state index contributed by atoms with van der Waals surface area (Å²) in [5.74, 6) is -0.151. The highest BCUT2D eigenvalue weighted by Gasteiger charge is 2.39. The van der Waals surface area contributed by atoms with E-state index in [9.17, 15) is 14.0 Å². The zero-order chi connectivity index (χ0) is 24.3. The number of piperidine rings is 1. The predicted octanol–water partition coefficient (Wildman–Crippen LogP) is 3.22. The van der Waals surface area contributed by atoms with Crippen molar-refractivity contribution in [1.29, 1.82) is 0 Å². The second-order valence-corrected chi connectivity index (χ2v) is 9.23. The summed E-state index contributed by atoms with van der Waals surface area (Å²) in [5, 5.41) is 7.59. The number of aromatic nitrogens is 2. The van der Waals surface area contributed by atoms with E-state index >= 15 is 0 Å². The Morgan fingerprint density at radius 3 is 2.58 bits per heavy atom. The molecule has 2 heterocycles. The van der Waals surface area contributed by atoms with Gasteiger partial charge >= 0.3 is 0 Å². The number of nitrogens with one attached hydrogen (secondary N) is 1. The highest BCUT2D eigenvalue weighted by molar-refractivity contribution is 5.88. The first-order valence-corrected chi connectivity index (χ1v) is 11.0. The molecule has 0 saturated carbocycles. The summed E-state index contributed by atoms with van der Waals surface area (Å²) in [5.41, 5.74) is 0.607. The topological polar surface area (TPSA) is 85.7 Å². The Balaban J connectivity index is 2.11. The molecule has 1 aliphatic heterocycles. The van der Waals surface area contributed by atoms with Crippen molar-refractivity contribution >= 4 is 17.6 Å². The van der Waals surface area contributed by atoms with Crippen LogP contribution in [0.4, 0.5) is 10.2 Å². The number of carbonyl (C=O) groups excluding carboxylic acids is 2. The maximum Gasteiger partial charge on any atom is 0.256 e. The molecule has 1 amide bonds. The summed E-state index contributed by atoms with van der Waals surface area (Å²) in [7, 11) is 4.92. The summed E-state index contributed by atoms with van der Waals surface area (Å²) >= 11 is 0. The SMILES string of the molecule is COCC(C)(C)C(=O)n1nc(C2CCNC(=O)C2C)c(OC)c1N(C)Cc1ccc(F)cc1. The minimum atomic E-state index is -0.843. The molecule has 1 aliphatic rings. The molecule has 33 heavy (non-hydrogen) atoms. The van der Waals surface area contributed by atoms with Gasteiger partial charge in [-0.3, -0.25) is 9.59 Å². The number of benzene rings is 1. The lowest BCUT2D eigenvalue weighted by Crippen LogP contribution is -2.40. The smallest absolute Gasteiger partial charge is 0.256 e. The molecule has 9 heteroatoms. The molecule has 0 aliphatic carbocycles. The number of methoxy groups -OCH3 is 2. The van der Waals surface area contributed by atoms with Crippen molar-refractivity contribution in [3.8, 4) is 5.75 Å². The van der Waals surface area contributed by atoms with Crippen molar-refractivity contribution in [2.45, 2.75) is 39.7 Å². The van der Waals surface area contributed by atoms with Crippen LogP contribution >= 0.6 is 0 Å². The summed E-state index contributed by atoms with van der Waals surface area (Å²) in [6, 6.07) is 6.20. The molecule has 1 aromatic carbocycles. The molecule has 180 valence electrons. The molecule has 2 atom stereocenters. The van der Waals surface area contributed by atoms with Crippen LogP contribution in [0.5, 0.6) is 5.75 Å². The molecule has 1 N–H and O–H groups in total. The zero-order valence-corrected chi connectivity index (χ0v) is 20.1. The van der Waals surface area contributed by atoms with Gasteiger partial charge in [0, 0.05) is 39.1 Å². The van der Waals surface area contributed by atoms with E-state index in [1.165, 1.54) is 16.8 Å². The molecular weight excluding hydrogens is 427 g/mol. The van der Waals surface area contributed by atoms with Crippen LogP contribution in [-0.2, 0) is 16.1 Å². The molecule has 1 aromatic heterocycles. The van der Waals surface area contributed by atoms with E-state index in [-0.39, 0.29) is 36.1 Å². The number of nitrogens with zero attached hydrogens (tertiary/aromatic N) is 3. The lowest BCUT2D eigenvalue weighted by molar-refractivity contribution is -0.126. The maximum absolute atomic E-state index is 13.6. The predicted molar refractivity (Wildman–Crippen MR) is 123 cm³/mol. The van der Waals surface area contributed by atoms with Gasteiger partial charge in [-0.05, 0) is 38.0 Å². The van der Waals surface area contributed by atoms with E-state index in [1.807, 2.05) is 18.9 Å². The van der Waals surface area contributed by atoms with Gasteiger partial charge in [-0.25, -0.2) is 4.39 Å². The van der Waals surface area contributed by atoms with E-state index < -0.39 is 5.41 Å². The van der Waals surface area contributed by atoms with Gasteiger partial charge in [0.25, 0.3) is 5.91 Å². The summed E-state index contributed by atoms with van der Waals surface area (Å²) in [6.07, 6.45) is 0.692. The number of halogens is 1. The Kier molecular flexibility index (Phi) is 7.41. The first kappa shape index (κ1) is 24.7. The Hall–Kier alpha value is -2.94. The third-order valence-electron chi connectivity index (χ3n) is 6.14. The van der Waals surface area contributed by atoms with Gasteiger partial charge < -0.3 is 19.7 Å². The average Bonchev–Trinajstić information content (AvgIpc) is 3.16. The second-order valence-electron chi connectivity index (χ2n) is 9.23. The molecule has 0 spiro atoms. The minimum Gasteiger partial charge on any atom is -0.491 e. The molecule has 3 rings (SSSR count). The normalized spacial score (nSPS) is 18.7. The molecule has 0 radical (unpaired) electrons. The quantitative estimate of drug-likeness (QED) is 0.651. The average molecular weight is 461 g/mol. The monoisotopic (exact) mass is 460 g/mol. The molecule has 2 unspecified atom stereocenters. The van der Waals surface area contributed by atoms with Gasteiger partial charge in [-0.1, -0.05) is 19.1 Å². The van der Waals surface area contributed by atoms with Gasteiger partial charge in [0.2, 0.25) is 5.91 Å². The summed E-state index contributed by atoms with van der Waals surface area (Å²) in [4.78, 5) is 27.8. The highest BCUT2D eigenvalue weighted by atomic mass is 19.1. The maximum atomic E-state index is 13.6. The van der Waals surface area contributed by atoms with Crippen LogP contribution < -0.4 is 15.0 Å². The van der Waals surface area contributed by atoms with Gasteiger partial charge in [0.15, 0.2) is 11.6 Å². The van der Waals surface area contributed by atoms with Crippen molar-refractivity contribution in [3.05, 3.63) is 41.3 Å². The molecule has 1 saturated heterocycles. The summed E-state index contributed by atoms with van der Waals surface area (Å²) in [6.45, 7) is 6.61. The van der Waals surface area contributed by atoms with Crippen LogP contribution in [0.1, 0.15) is 49.2 Å². The fourth-order valence-electron chi connectivity index (χ4n) is 4.29. The number of hydrogen-bond donors (Lipinski definition) is 1. The third kappa shape index (κ3) is 5.03. The van der Waals surface area contributed by atoms with Crippen LogP contribution in [0, 0.1) is 17.2 Å². The van der Waals surface area contributed by atoms with E-state index in [0.29, 0.717) is 36.8 Å². The second kappa shape index (κ2) is 9.91. The molecular formula is C24H33FN4O4. The number of hydrogen-bond acceptors (Lipinski definition) is 6. The minimum absolute atomic E-state index is 0.0462. The number of anilines is 1. The van der Waals surface area contributed by atoms with E-state index in [4.69, 9.17) is 14.6 Å². The van der Waals surface area contributed by atoms with Crippen molar-refractivity contribution in [2.75, 3.05) is 39.3 Å². The van der Waals surface area contributed by atoms with E-state index in [0.717, 1.165) is 5.56 Å². The lowest BCUT2D eigenvalue weighted by atomic mass is 9.84. The molecule has 2 aromatic rings. The fraction of sp³-hybridized carbons (Fsp3) is 0.542. The van der Waals surface area contributed by atoms with Crippen molar-refractivity contribution in [1.82, 2.24) is 15.1 Å². The fourth-order valence-corrected chi connectivity index (χ4v) is 4.29. The van der Waals surface area contributed by atoms with Crippen LogP contribution in [0.3, 0.4) is 0 Å². The molecule has 1 fully saturated rings. The Labute approximate surface area is 194 Å². The standard InChI is InChI=1S/C24H33FN4O4/c1-15-18(11-12-26-21(15)30)19-20(33-6)22(28(4)13-16-7-9-17(25)10-8-16)29(27-19)23(31)24(2,3)14-32-5/h7-10,15,18H,11-14H2,1-6H3,(H,26,30). The van der Waals surface area contributed by atoms with Gasteiger partial charge in [-0.2, -0.15) is 9.78 Å². The zero-order valence-electron chi connectivity index (χ0n) is 20.1. The van der Waals surface area contributed by atoms with Crippen LogP contribution in [0.2, 0.25) is 0 Å². The Morgan fingerprint density at radius 1 is 1.30 bits per heavy atom. The lowest BCUT2D eigenvalue weighted by Gasteiger charge is -2.27. The highest BCUT2D eigenvalue weighted by Crippen LogP contribution is 2.42. The molecule has 8 nitrogen and oxygen atoms in total. The van der Waals surface area contributed by atoms with Gasteiger partial charge in [-0.15, -0.1) is 0 Å². The summed E-state index contributed by atoms with van der Waals surface area (Å²) < 4.78 is 25.8. The van der Waals surface area contributed by atoms with Crippen molar-refractivity contribution in [2.24, 2.45) is 11.3 Å². The number of amides is 1. The van der Waals surface area contributed by atoms with E-state index in [1.54, 1.807) is 40.2 Å². The van der Waals surface area contributed by atoms with Crippen molar-refractivity contribution in [3.63, 3.8) is 0 Å². The van der Waals surface area contributed by atoms with Crippen LogP contribution in [0.15, 0.2) is 24.3 Å². The first-order valence-electron chi connectivity index (χ1n) is 11.0. The van der Waals surface area contributed by atoms with Gasteiger partial charge in [0.05, 0.1) is 19.1 Å². The first-order chi connectivity index (χ1) is 15.6. The van der Waals surface area contributed by atoms with Crippen molar-refractivity contribution < 1.29 is 23.5 Å².